The molecule has 1 saturated carbocycles. The minimum Gasteiger partial charge on any atom is -0.369 e. The van der Waals surface area contributed by atoms with E-state index in [-0.39, 0.29) is 29.9 Å². The number of aliphatic imine (C=N–C) groups is 1. The van der Waals surface area contributed by atoms with E-state index in [1.807, 2.05) is 0 Å². The van der Waals surface area contributed by atoms with Gasteiger partial charge in [-0.15, -0.1) is 24.0 Å². The standard InChI is InChI=1S/C19H28BrN5O.HI/c1-2-22-19(23-15-7-9-25(10-8-15)12-18(21)26)24-17-11-16(17)13-3-5-14(20)6-4-13;/h3-6,15-17H,2,7-12H2,1H3,(H2,21,26)(H2,22,23,24);1H. The van der Waals surface area contributed by atoms with Gasteiger partial charge in [0.25, 0.3) is 0 Å². The molecule has 1 amide bonds. The van der Waals surface area contributed by atoms with Gasteiger partial charge in [-0.25, -0.2) is 0 Å². The van der Waals surface area contributed by atoms with E-state index in [4.69, 9.17) is 5.73 Å². The van der Waals surface area contributed by atoms with Gasteiger partial charge in [-0.2, -0.15) is 0 Å². The Bertz CT molecular complexity index is 646. The zero-order valence-corrected chi connectivity index (χ0v) is 19.6. The first-order valence-electron chi connectivity index (χ1n) is 9.38. The Hall–Kier alpha value is -0.870. The summed E-state index contributed by atoms with van der Waals surface area (Å²) in [7, 11) is 0. The molecule has 2 aliphatic rings. The van der Waals surface area contributed by atoms with Crippen molar-refractivity contribution in [1.29, 1.82) is 0 Å². The fraction of sp³-hybridized carbons (Fsp3) is 0.579. The summed E-state index contributed by atoms with van der Waals surface area (Å²) in [6.45, 7) is 4.96. The molecule has 150 valence electrons. The van der Waals surface area contributed by atoms with E-state index in [2.05, 4.69) is 67.6 Å². The van der Waals surface area contributed by atoms with Gasteiger partial charge in [0.05, 0.1) is 6.54 Å². The van der Waals surface area contributed by atoms with Gasteiger partial charge in [-0.1, -0.05) is 28.1 Å². The van der Waals surface area contributed by atoms with Crippen molar-refractivity contribution in [3.63, 3.8) is 0 Å². The number of hydrogen-bond donors (Lipinski definition) is 3. The number of carbonyl (C=O) groups excluding carboxylic acids is 1. The highest BCUT2D eigenvalue weighted by molar-refractivity contribution is 14.0. The molecule has 2 unspecified atom stereocenters. The Morgan fingerprint density at radius 3 is 2.52 bits per heavy atom. The molecule has 0 bridgehead atoms. The van der Waals surface area contributed by atoms with Crippen molar-refractivity contribution in [2.45, 2.75) is 44.2 Å². The maximum Gasteiger partial charge on any atom is 0.231 e. The van der Waals surface area contributed by atoms with E-state index >= 15 is 0 Å². The number of guanidine groups is 1. The third kappa shape index (κ3) is 6.90. The van der Waals surface area contributed by atoms with E-state index in [1.165, 1.54) is 5.56 Å². The van der Waals surface area contributed by atoms with Crippen LogP contribution in [0.15, 0.2) is 33.7 Å². The molecule has 0 spiro atoms. The van der Waals surface area contributed by atoms with Gasteiger partial charge >= 0.3 is 0 Å². The molecule has 0 aromatic heterocycles. The molecule has 27 heavy (non-hydrogen) atoms. The van der Waals surface area contributed by atoms with Gasteiger partial charge in [0, 0.05) is 42.1 Å². The van der Waals surface area contributed by atoms with Crippen LogP contribution in [-0.4, -0.2) is 55.0 Å². The van der Waals surface area contributed by atoms with E-state index in [1.54, 1.807) is 0 Å². The van der Waals surface area contributed by atoms with Crippen molar-refractivity contribution < 1.29 is 4.79 Å². The number of amides is 1. The zero-order chi connectivity index (χ0) is 18.5. The largest absolute Gasteiger partial charge is 0.369 e. The second-order valence-electron chi connectivity index (χ2n) is 7.13. The number of benzene rings is 1. The zero-order valence-electron chi connectivity index (χ0n) is 15.7. The lowest BCUT2D eigenvalue weighted by atomic mass is 10.1. The number of carbonyl (C=O) groups is 1. The van der Waals surface area contributed by atoms with Crippen molar-refractivity contribution >= 4 is 51.8 Å². The normalized spacial score (nSPS) is 23.4. The van der Waals surface area contributed by atoms with Gasteiger partial charge in [0.15, 0.2) is 5.96 Å². The summed E-state index contributed by atoms with van der Waals surface area (Å²) in [5.41, 5.74) is 6.66. The predicted octanol–water partition coefficient (Wildman–Crippen LogP) is 2.43. The van der Waals surface area contributed by atoms with Crippen LogP contribution in [0.4, 0.5) is 0 Å². The topological polar surface area (TPSA) is 82.8 Å². The summed E-state index contributed by atoms with van der Waals surface area (Å²) in [6.07, 6.45) is 3.14. The lowest BCUT2D eigenvalue weighted by Gasteiger charge is -2.32. The van der Waals surface area contributed by atoms with Gasteiger partial charge in [-0.3, -0.25) is 14.7 Å². The summed E-state index contributed by atoms with van der Waals surface area (Å²) in [4.78, 5) is 17.8. The Morgan fingerprint density at radius 1 is 1.26 bits per heavy atom. The quantitative estimate of drug-likeness (QED) is 0.289. The van der Waals surface area contributed by atoms with Crippen LogP contribution in [0.25, 0.3) is 0 Å². The average molecular weight is 550 g/mol. The van der Waals surface area contributed by atoms with Gasteiger partial charge in [-0.05, 0) is 43.9 Å². The molecule has 2 fully saturated rings. The minimum absolute atomic E-state index is 0. The Labute approximate surface area is 186 Å². The smallest absolute Gasteiger partial charge is 0.231 e. The lowest BCUT2D eigenvalue weighted by molar-refractivity contribution is -0.119. The lowest BCUT2D eigenvalue weighted by Crippen LogP contribution is -2.50. The number of nitrogens with one attached hydrogen (secondary N) is 2. The second kappa shape index (κ2) is 10.6. The highest BCUT2D eigenvalue weighted by atomic mass is 127. The summed E-state index contributed by atoms with van der Waals surface area (Å²) in [5, 5.41) is 7.16. The Morgan fingerprint density at radius 2 is 1.93 bits per heavy atom. The fourth-order valence-electron chi connectivity index (χ4n) is 3.55. The Kier molecular flexibility index (Phi) is 8.81. The van der Waals surface area contributed by atoms with Crippen LogP contribution in [0, 0.1) is 0 Å². The first-order valence-corrected chi connectivity index (χ1v) is 10.2. The summed E-state index contributed by atoms with van der Waals surface area (Å²) < 4.78 is 1.11. The monoisotopic (exact) mass is 549 g/mol. The average Bonchev–Trinajstić information content (AvgIpc) is 3.36. The highest BCUT2D eigenvalue weighted by Gasteiger charge is 2.39. The van der Waals surface area contributed by atoms with E-state index < -0.39 is 0 Å². The molecule has 1 aromatic carbocycles. The molecule has 6 nitrogen and oxygen atoms in total. The first-order chi connectivity index (χ1) is 12.5. The van der Waals surface area contributed by atoms with Crippen LogP contribution in [0.1, 0.15) is 37.7 Å². The molecular formula is C19H29BrIN5O. The molecule has 3 rings (SSSR count). The predicted molar refractivity (Wildman–Crippen MR) is 124 cm³/mol. The Balaban J connectivity index is 0.00000261. The molecule has 0 radical (unpaired) electrons. The van der Waals surface area contributed by atoms with Gasteiger partial charge in [0.1, 0.15) is 0 Å². The van der Waals surface area contributed by atoms with Crippen molar-refractivity contribution in [3.05, 3.63) is 34.3 Å². The molecule has 4 N–H and O–H groups in total. The third-order valence-electron chi connectivity index (χ3n) is 5.03. The molecule has 1 aliphatic carbocycles. The maximum absolute atomic E-state index is 11.0. The number of hydrogen-bond acceptors (Lipinski definition) is 3. The molecule has 8 heteroatoms. The number of nitrogens with two attached hydrogens (primary N) is 1. The molecular weight excluding hydrogens is 521 g/mol. The van der Waals surface area contributed by atoms with E-state index in [0.29, 0.717) is 24.5 Å². The van der Waals surface area contributed by atoms with Gasteiger partial charge in [0.2, 0.25) is 5.91 Å². The molecule has 1 saturated heterocycles. The number of nitrogens with zero attached hydrogens (tertiary/aromatic N) is 2. The van der Waals surface area contributed by atoms with E-state index in [9.17, 15) is 4.79 Å². The number of piperidine rings is 1. The van der Waals surface area contributed by atoms with Crippen molar-refractivity contribution in [2.75, 3.05) is 26.2 Å². The number of primary amides is 1. The van der Waals surface area contributed by atoms with Crippen LogP contribution < -0.4 is 16.4 Å². The molecule has 2 atom stereocenters. The fourth-order valence-corrected chi connectivity index (χ4v) is 3.81. The number of halogens is 2. The summed E-state index contributed by atoms with van der Waals surface area (Å²) in [5.74, 6) is 1.22. The summed E-state index contributed by atoms with van der Waals surface area (Å²) >= 11 is 3.49. The van der Waals surface area contributed by atoms with Crippen LogP contribution in [0.3, 0.4) is 0 Å². The number of likely N-dealkylation sites (tertiary alicyclic amines) is 1. The van der Waals surface area contributed by atoms with Crippen LogP contribution in [0.2, 0.25) is 0 Å². The molecule has 1 aromatic rings. The molecule has 1 aliphatic heterocycles. The SMILES string of the molecule is CCN=C(NC1CCN(CC(N)=O)CC1)NC1CC1c1ccc(Br)cc1.I. The van der Waals surface area contributed by atoms with E-state index in [0.717, 1.165) is 49.3 Å². The van der Waals surface area contributed by atoms with Crippen LogP contribution >= 0.6 is 39.9 Å². The first kappa shape index (κ1) is 22.4. The van der Waals surface area contributed by atoms with Crippen molar-refractivity contribution in [3.8, 4) is 0 Å². The minimum atomic E-state index is -0.251. The second-order valence-corrected chi connectivity index (χ2v) is 8.04. The molecule has 1 heterocycles. The highest BCUT2D eigenvalue weighted by Crippen LogP contribution is 2.41. The maximum atomic E-state index is 11.0. The van der Waals surface area contributed by atoms with Crippen molar-refractivity contribution in [2.24, 2.45) is 10.7 Å². The van der Waals surface area contributed by atoms with Crippen LogP contribution in [-0.2, 0) is 4.79 Å². The third-order valence-corrected chi connectivity index (χ3v) is 5.56. The van der Waals surface area contributed by atoms with Crippen LogP contribution in [0.5, 0.6) is 0 Å². The number of rotatable bonds is 6. The summed E-state index contributed by atoms with van der Waals surface area (Å²) in [6, 6.07) is 9.42. The van der Waals surface area contributed by atoms with Crippen molar-refractivity contribution in [1.82, 2.24) is 15.5 Å². The van der Waals surface area contributed by atoms with Gasteiger partial charge < -0.3 is 16.4 Å².